The Morgan fingerprint density at radius 2 is 2.20 bits per heavy atom. The van der Waals surface area contributed by atoms with Gasteiger partial charge in [-0.2, -0.15) is 0 Å². The smallest absolute Gasteiger partial charge is 0.249 e. The average molecular weight is 278 g/mol. The fraction of sp³-hybridized carbons (Fsp3) is 0.500. The van der Waals surface area contributed by atoms with Gasteiger partial charge in [0.05, 0.1) is 6.54 Å². The van der Waals surface area contributed by atoms with Crippen LogP contribution in [0, 0.1) is 0 Å². The Kier molecular flexibility index (Phi) is 4.14. The molecule has 108 valence electrons. The van der Waals surface area contributed by atoms with Crippen molar-refractivity contribution < 1.29 is 9.59 Å². The van der Waals surface area contributed by atoms with E-state index in [-0.39, 0.29) is 18.4 Å². The Labute approximate surface area is 116 Å². The summed E-state index contributed by atoms with van der Waals surface area (Å²) in [6.07, 6.45) is 1.21. The van der Waals surface area contributed by atoms with Gasteiger partial charge in [-0.25, -0.2) is 15.8 Å². The molecular formula is C12H18N6O2. The van der Waals surface area contributed by atoms with E-state index in [4.69, 9.17) is 5.84 Å². The molecule has 4 N–H and O–H groups in total. The van der Waals surface area contributed by atoms with Gasteiger partial charge in [0.2, 0.25) is 11.8 Å². The van der Waals surface area contributed by atoms with Crippen molar-refractivity contribution in [3.8, 4) is 0 Å². The van der Waals surface area contributed by atoms with Gasteiger partial charge in [-0.3, -0.25) is 14.9 Å². The van der Waals surface area contributed by atoms with E-state index < -0.39 is 6.04 Å². The molecule has 8 nitrogen and oxygen atoms in total. The summed E-state index contributed by atoms with van der Waals surface area (Å²) in [5, 5.41) is 2.33. The van der Waals surface area contributed by atoms with Crippen molar-refractivity contribution in [2.45, 2.75) is 32.7 Å². The molecule has 0 saturated carbocycles. The molecule has 1 aromatic rings. The van der Waals surface area contributed by atoms with Crippen LogP contribution in [-0.2, 0) is 16.0 Å². The summed E-state index contributed by atoms with van der Waals surface area (Å²) in [5.74, 6) is 6.34. The van der Waals surface area contributed by atoms with Crippen molar-refractivity contribution in [3.63, 3.8) is 0 Å². The number of nitrogens with zero attached hydrogens (tertiary/aromatic N) is 3. The highest BCUT2D eigenvalue weighted by Gasteiger charge is 2.33. The van der Waals surface area contributed by atoms with Gasteiger partial charge >= 0.3 is 0 Å². The van der Waals surface area contributed by atoms with Crippen LogP contribution in [0.15, 0.2) is 6.07 Å². The molecule has 0 radical (unpaired) electrons. The summed E-state index contributed by atoms with van der Waals surface area (Å²) in [5.41, 5.74) is 2.47. The molecule has 1 unspecified atom stereocenters. The Balaban J connectivity index is 2.41. The Morgan fingerprint density at radius 3 is 2.80 bits per heavy atom. The van der Waals surface area contributed by atoms with E-state index in [1.807, 2.05) is 13.8 Å². The number of aromatic nitrogens is 2. The second-order valence-electron chi connectivity index (χ2n) is 4.49. The number of nitrogen functional groups attached to an aromatic ring is 1. The molecule has 1 aromatic heterocycles. The highest BCUT2D eigenvalue weighted by atomic mass is 16.2. The molecule has 8 heteroatoms. The van der Waals surface area contributed by atoms with Crippen molar-refractivity contribution >= 4 is 23.5 Å². The molecule has 1 aliphatic rings. The van der Waals surface area contributed by atoms with E-state index in [2.05, 4.69) is 20.7 Å². The minimum absolute atomic E-state index is 0.0917. The molecule has 1 saturated heterocycles. The first-order valence-corrected chi connectivity index (χ1v) is 6.53. The van der Waals surface area contributed by atoms with Crippen LogP contribution in [0.25, 0.3) is 0 Å². The van der Waals surface area contributed by atoms with Gasteiger partial charge in [-0.1, -0.05) is 13.8 Å². The number of hydrogen-bond donors (Lipinski definition) is 3. The number of piperazine rings is 1. The number of carbonyl (C=O) groups is 2. The summed E-state index contributed by atoms with van der Waals surface area (Å²) < 4.78 is 0. The SMILES string of the molecule is CCc1nc(NN)cc(N2CC(=O)NC(=O)C2CC)n1. The van der Waals surface area contributed by atoms with Gasteiger partial charge in [0.25, 0.3) is 0 Å². The van der Waals surface area contributed by atoms with Gasteiger partial charge < -0.3 is 10.3 Å². The van der Waals surface area contributed by atoms with Gasteiger partial charge in [-0.15, -0.1) is 0 Å². The van der Waals surface area contributed by atoms with Crippen molar-refractivity contribution in [2.24, 2.45) is 5.84 Å². The molecule has 0 aliphatic carbocycles. The number of nitrogens with one attached hydrogen (secondary N) is 2. The van der Waals surface area contributed by atoms with Gasteiger partial charge in [0, 0.05) is 12.5 Å². The van der Waals surface area contributed by atoms with Crippen LogP contribution in [0.2, 0.25) is 0 Å². The van der Waals surface area contributed by atoms with Crippen LogP contribution in [-0.4, -0.2) is 34.4 Å². The third-order valence-electron chi connectivity index (χ3n) is 3.16. The zero-order chi connectivity index (χ0) is 14.7. The maximum atomic E-state index is 11.9. The number of anilines is 2. The molecule has 2 rings (SSSR count). The van der Waals surface area contributed by atoms with Crippen LogP contribution in [0.5, 0.6) is 0 Å². The highest BCUT2D eigenvalue weighted by Crippen LogP contribution is 2.21. The van der Waals surface area contributed by atoms with E-state index in [0.29, 0.717) is 30.3 Å². The van der Waals surface area contributed by atoms with Crippen molar-refractivity contribution in [2.75, 3.05) is 16.9 Å². The number of amides is 2. The van der Waals surface area contributed by atoms with Crippen LogP contribution in [0.3, 0.4) is 0 Å². The van der Waals surface area contributed by atoms with E-state index in [9.17, 15) is 9.59 Å². The normalized spacial score (nSPS) is 18.9. The summed E-state index contributed by atoms with van der Waals surface area (Å²) in [6.45, 7) is 3.90. The van der Waals surface area contributed by atoms with Crippen molar-refractivity contribution in [1.82, 2.24) is 15.3 Å². The van der Waals surface area contributed by atoms with E-state index >= 15 is 0 Å². The Morgan fingerprint density at radius 1 is 1.45 bits per heavy atom. The number of aryl methyl sites for hydroxylation is 1. The minimum atomic E-state index is -0.419. The number of hydrazine groups is 1. The average Bonchev–Trinajstić information content (AvgIpc) is 2.45. The summed E-state index contributed by atoms with van der Waals surface area (Å²) in [7, 11) is 0. The maximum Gasteiger partial charge on any atom is 0.249 e. The number of nitrogens with two attached hydrogens (primary N) is 1. The zero-order valence-corrected chi connectivity index (χ0v) is 11.5. The molecule has 20 heavy (non-hydrogen) atoms. The fourth-order valence-electron chi connectivity index (χ4n) is 2.18. The topological polar surface area (TPSA) is 113 Å². The molecule has 0 aromatic carbocycles. The predicted molar refractivity (Wildman–Crippen MR) is 73.8 cm³/mol. The Bertz CT molecular complexity index is 510. The molecule has 0 spiro atoms. The zero-order valence-electron chi connectivity index (χ0n) is 11.5. The maximum absolute atomic E-state index is 11.9. The molecule has 1 fully saturated rings. The number of hydrogen-bond acceptors (Lipinski definition) is 7. The highest BCUT2D eigenvalue weighted by molar-refractivity contribution is 6.04. The van der Waals surface area contributed by atoms with Crippen molar-refractivity contribution in [1.29, 1.82) is 0 Å². The molecular weight excluding hydrogens is 260 g/mol. The van der Waals surface area contributed by atoms with Crippen LogP contribution < -0.4 is 21.5 Å². The summed E-state index contributed by atoms with van der Waals surface area (Å²) in [4.78, 5) is 33.7. The van der Waals surface area contributed by atoms with E-state index in [1.165, 1.54) is 0 Å². The standard InChI is InChI=1S/C12H18N6O2/c1-3-7-12(20)16-11(19)6-18(7)10-5-9(17-13)14-8(4-2)15-10/h5,7H,3-4,6,13H2,1-2H3,(H,14,15,17)(H,16,19,20). The summed E-state index contributed by atoms with van der Waals surface area (Å²) >= 11 is 0. The monoisotopic (exact) mass is 278 g/mol. The lowest BCUT2D eigenvalue weighted by Crippen LogP contribution is -2.58. The second-order valence-corrected chi connectivity index (χ2v) is 4.49. The van der Waals surface area contributed by atoms with Gasteiger partial charge in [0.15, 0.2) is 0 Å². The molecule has 2 amide bonds. The van der Waals surface area contributed by atoms with Gasteiger partial charge in [-0.05, 0) is 6.42 Å². The minimum Gasteiger partial charge on any atom is -0.335 e. The predicted octanol–water partition coefficient (Wildman–Crippen LogP) is -0.434. The molecule has 0 bridgehead atoms. The largest absolute Gasteiger partial charge is 0.335 e. The molecule has 2 heterocycles. The van der Waals surface area contributed by atoms with Gasteiger partial charge in [0.1, 0.15) is 23.5 Å². The number of imide groups is 1. The quantitative estimate of drug-likeness (QED) is 0.389. The number of rotatable bonds is 4. The van der Waals surface area contributed by atoms with Crippen LogP contribution >= 0.6 is 0 Å². The van der Waals surface area contributed by atoms with Crippen molar-refractivity contribution in [3.05, 3.63) is 11.9 Å². The van der Waals surface area contributed by atoms with E-state index in [0.717, 1.165) is 0 Å². The second kappa shape index (κ2) is 5.83. The lowest BCUT2D eigenvalue weighted by atomic mass is 10.1. The van der Waals surface area contributed by atoms with Crippen LogP contribution in [0.1, 0.15) is 26.1 Å². The first kappa shape index (κ1) is 14.2. The number of carbonyl (C=O) groups excluding carboxylic acids is 2. The first-order chi connectivity index (χ1) is 9.58. The third kappa shape index (κ3) is 2.69. The van der Waals surface area contributed by atoms with E-state index in [1.54, 1.807) is 11.0 Å². The molecule has 1 atom stereocenters. The third-order valence-corrected chi connectivity index (χ3v) is 3.16. The fourth-order valence-corrected chi connectivity index (χ4v) is 2.18. The summed E-state index contributed by atoms with van der Waals surface area (Å²) in [6, 6.07) is 1.21. The first-order valence-electron chi connectivity index (χ1n) is 6.53. The molecule has 1 aliphatic heterocycles. The Hall–Kier alpha value is -2.22. The van der Waals surface area contributed by atoms with Crippen LogP contribution in [0.4, 0.5) is 11.6 Å². The lowest BCUT2D eigenvalue weighted by molar-refractivity contribution is -0.132. The lowest BCUT2D eigenvalue weighted by Gasteiger charge is -2.34.